The average Bonchev–Trinajstić information content (AvgIpc) is 2.54. The molecular weight excluding hydrogens is 252 g/mol. The molecule has 0 spiro atoms. The Labute approximate surface area is 98.3 Å². The van der Waals surface area contributed by atoms with E-state index in [0.717, 1.165) is 22.0 Å². The Kier molecular flexibility index (Phi) is 2.79. The number of hydrogen-bond donors (Lipinski definition) is 0. The molecule has 0 atom stereocenters. The topological polar surface area (TPSA) is 17.1 Å². The van der Waals surface area contributed by atoms with E-state index in [0.29, 0.717) is 6.42 Å². The summed E-state index contributed by atoms with van der Waals surface area (Å²) in [4.78, 5) is 11.7. The minimum absolute atomic E-state index is 0.278. The van der Waals surface area contributed by atoms with Gasteiger partial charge in [-0.15, -0.1) is 0 Å². The van der Waals surface area contributed by atoms with Crippen molar-refractivity contribution < 1.29 is 4.79 Å². The van der Waals surface area contributed by atoms with Crippen LogP contribution in [0.15, 0.2) is 28.2 Å². The first-order chi connectivity index (χ1) is 7.13. The quantitative estimate of drug-likeness (QED) is 0.795. The largest absolute Gasteiger partial charge is 0.295 e. The molecule has 0 fully saturated rings. The van der Waals surface area contributed by atoms with Crippen molar-refractivity contribution in [1.29, 1.82) is 0 Å². The van der Waals surface area contributed by atoms with Crippen molar-refractivity contribution in [3.8, 4) is 0 Å². The number of rotatable bonds is 2. The smallest absolute Gasteiger partial charge is 0.159 e. The second kappa shape index (κ2) is 3.93. The molecule has 0 N–H and O–H groups in total. The lowest BCUT2D eigenvalue weighted by atomic mass is 10.0. The SMILES string of the molecule is CCC(=O)C1=C(C)c2ccc(Br)cc2C1. The molecule has 2 rings (SSSR count). The molecule has 0 radical (unpaired) electrons. The van der Waals surface area contributed by atoms with Crippen LogP contribution < -0.4 is 0 Å². The van der Waals surface area contributed by atoms with Crippen LogP contribution in [0.25, 0.3) is 5.57 Å². The Morgan fingerprint density at radius 2 is 2.20 bits per heavy atom. The summed E-state index contributed by atoms with van der Waals surface area (Å²) in [6.45, 7) is 3.96. The van der Waals surface area contributed by atoms with Crippen LogP contribution in [-0.2, 0) is 11.2 Å². The van der Waals surface area contributed by atoms with Gasteiger partial charge in [-0.25, -0.2) is 0 Å². The van der Waals surface area contributed by atoms with Gasteiger partial charge >= 0.3 is 0 Å². The lowest BCUT2D eigenvalue weighted by molar-refractivity contribution is -0.115. The van der Waals surface area contributed by atoms with Crippen LogP contribution in [-0.4, -0.2) is 5.78 Å². The maximum absolute atomic E-state index is 11.7. The first-order valence-corrected chi connectivity index (χ1v) is 5.94. The van der Waals surface area contributed by atoms with Gasteiger partial charge < -0.3 is 0 Å². The third kappa shape index (κ3) is 1.78. The number of fused-ring (bicyclic) bond motifs is 1. The van der Waals surface area contributed by atoms with E-state index in [4.69, 9.17) is 0 Å². The Morgan fingerprint density at radius 3 is 2.87 bits per heavy atom. The summed E-state index contributed by atoms with van der Waals surface area (Å²) in [6, 6.07) is 6.22. The lowest BCUT2D eigenvalue weighted by Crippen LogP contribution is -2.00. The minimum atomic E-state index is 0.278. The van der Waals surface area contributed by atoms with Crippen LogP contribution in [0.5, 0.6) is 0 Å². The van der Waals surface area contributed by atoms with E-state index in [1.807, 2.05) is 19.9 Å². The zero-order valence-corrected chi connectivity index (χ0v) is 10.5. The van der Waals surface area contributed by atoms with E-state index >= 15 is 0 Å². The Bertz CT molecular complexity index is 458. The second-order valence-electron chi connectivity index (χ2n) is 3.86. The predicted octanol–water partition coefficient (Wildman–Crippen LogP) is 3.76. The molecule has 1 aromatic carbocycles. The van der Waals surface area contributed by atoms with Gasteiger partial charge in [0.2, 0.25) is 0 Å². The van der Waals surface area contributed by atoms with Gasteiger partial charge in [0.25, 0.3) is 0 Å². The van der Waals surface area contributed by atoms with Crippen molar-refractivity contribution in [3.63, 3.8) is 0 Å². The summed E-state index contributed by atoms with van der Waals surface area (Å²) in [5.74, 6) is 0.278. The molecule has 1 aliphatic carbocycles. The molecule has 1 aromatic rings. The molecule has 0 unspecified atom stereocenters. The van der Waals surface area contributed by atoms with Gasteiger partial charge in [0.1, 0.15) is 0 Å². The van der Waals surface area contributed by atoms with Crippen LogP contribution in [0.4, 0.5) is 0 Å². The van der Waals surface area contributed by atoms with E-state index in [2.05, 4.69) is 28.1 Å². The first-order valence-electron chi connectivity index (χ1n) is 5.15. The monoisotopic (exact) mass is 264 g/mol. The Hall–Kier alpha value is -0.890. The highest BCUT2D eigenvalue weighted by Crippen LogP contribution is 2.34. The van der Waals surface area contributed by atoms with Crippen molar-refractivity contribution >= 4 is 27.3 Å². The molecule has 0 aliphatic heterocycles. The molecule has 0 bridgehead atoms. The Balaban J connectivity index is 2.45. The molecular formula is C13H13BrO. The van der Waals surface area contributed by atoms with Crippen LogP contribution in [0.3, 0.4) is 0 Å². The van der Waals surface area contributed by atoms with Gasteiger partial charge in [-0.1, -0.05) is 28.9 Å². The Morgan fingerprint density at radius 1 is 1.47 bits per heavy atom. The number of halogens is 1. The number of hydrogen-bond acceptors (Lipinski definition) is 1. The van der Waals surface area contributed by atoms with Crippen molar-refractivity contribution in [2.24, 2.45) is 0 Å². The van der Waals surface area contributed by atoms with Crippen molar-refractivity contribution in [1.82, 2.24) is 0 Å². The molecule has 78 valence electrons. The van der Waals surface area contributed by atoms with E-state index in [1.165, 1.54) is 11.1 Å². The molecule has 0 heterocycles. The number of ketones is 1. The standard InChI is InChI=1S/C13H13BrO/c1-3-13(15)12-7-9-6-10(14)4-5-11(9)8(12)2/h4-6H,3,7H2,1-2H3. The predicted molar refractivity (Wildman–Crippen MR) is 65.7 cm³/mol. The van der Waals surface area contributed by atoms with E-state index in [-0.39, 0.29) is 5.78 Å². The zero-order chi connectivity index (χ0) is 11.0. The molecule has 1 nitrogen and oxygen atoms in total. The molecule has 0 amide bonds. The minimum Gasteiger partial charge on any atom is -0.295 e. The summed E-state index contributed by atoms with van der Waals surface area (Å²) < 4.78 is 1.08. The average molecular weight is 265 g/mol. The van der Waals surface area contributed by atoms with Crippen molar-refractivity contribution in [2.45, 2.75) is 26.7 Å². The number of carbonyl (C=O) groups excluding carboxylic acids is 1. The summed E-state index contributed by atoms with van der Waals surface area (Å²) >= 11 is 3.46. The molecule has 0 aromatic heterocycles. The highest BCUT2D eigenvalue weighted by molar-refractivity contribution is 9.10. The van der Waals surface area contributed by atoms with E-state index in [1.54, 1.807) is 0 Å². The normalized spacial score (nSPS) is 14.3. The van der Waals surface area contributed by atoms with Gasteiger partial charge in [-0.05, 0) is 35.8 Å². The summed E-state index contributed by atoms with van der Waals surface area (Å²) in [7, 11) is 0. The molecule has 0 saturated carbocycles. The summed E-state index contributed by atoms with van der Waals surface area (Å²) in [5.41, 5.74) is 4.64. The number of benzene rings is 1. The van der Waals surface area contributed by atoms with Gasteiger partial charge in [-0.2, -0.15) is 0 Å². The van der Waals surface area contributed by atoms with Crippen molar-refractivity contribution in [3.05, 3.63) is 39.4 Å². The molecule has 1 aliphatic rings. The maximum atomic E-state index is 11.7. The highest BCUT2D eigenvalue weighted by atomic mass is 79.9. The van der Waals surface area contributed by atoms with Gasteiger partial charge in [-0.3, -0.25) is 4.79 Å². The fourth-order valence-electron chi connectivity index (χ4n) is 2.08. The third-order valence-corrected chi connectivity index (χ3v) is 3.44. The van der Waals surface area contributed by atoms with Crippen LogP contribution in [0.2, 0.25) is 0 Å². The van der Waals surface area contributed by atoms with Gasteiger partial charge in [0.15, 0.2) is 5.78 Å². The van der Waals surface area contributed by atoms with Gasteiger partial charge in [0.05, 0.1) is 0 Å². The van der Waals surface area contributed by atoms with E-state index in [9.17, 15) is 4.79 Å². The number of carbonyl (C=O) groups is 1. The fourth-order valence-corrected chi connectivity index (χ4v) is 2.49. The maximum Gasteiger partial charge on any atom is 0.159 e. The lowest BCUT2D eigenvalue weighted by Gasteiger charge is -2.00. The van der Waals surface area contributed by atoms with E-state index < -0.39 is 0 Å². The fraction of sp³-hybridized carbons (Fsp3) is 0.308. The summed E-state index contributed by atoms with van der Waals surface area (Å²) in [6.07, 6.45) is 1.40. The third-order valence-electron chi connectivity index (χ3n) is 2.95. The zero-order valence-electron chi connectivity index (χ0n) is 8.93. The van der Waals surface area contributed by atoms with Gasteiger partial charge in [0, 0.05) is 22.9 Å². The number of allylic oxidation sites excluding steroid dienone is 2. The first kappa shape index (κ1) is 10.6. The number of Topliss-reactive ketones (excluding diaryl/α,β-unsaturated/α-hetero) is 1. The van der Waals surface area contributed by atoms with Crippen LogP contribution in [0.1, 0.15) is 31.4 Å². The van der Waals surface area contributed by atoms with Crippen LogP contribution in [0, 0.1) is 0 Å². The van der Waals surface area contributed by atoms with Crippen molar-refractivity contribution in [2.75, 3.05) is 0 Å². The molecule has 0 saturated heterocycles. The summed E-state index contributed by atoms with van der Waals surface area (Å²) in [5, 5.41) is 0. The molecule has 15 heavy (non-hydrogen) atoms. The molecule has 2 heteroatoms. The van der Waals surface area contributed by atoms with Crippen LogP contribution >= 0.6 is 15.9 Å². The highest BCUT2D eigenvalue weighted by Gasteiger charge is 2.22. The second-order valence-corrected chi connectivity index (χ2v) is 4.77.